The number of unbranched alkanes of at least 4 members (excludes halogenated alkanes) is 1. The van der Waals surface area contributed by atoms with Gasteiger partial charge in [0.15, 0.2) is 37.7 Å². The van der Waals surface area contributed by atoms with Crippen molar-refractivity contribution in [3.05, 3.63) is 108 Å². The van der Waals surface area contributed by atoms with Gasteiger partial charge in [0.2, 0.25) is 0 Å². The lowest BCUT2D eigenvalue weighted by Crippen LogP contribution is -2.62. The summed E-state index contributed by atoms with van der Waals surface area (Å²) < 4.78 is 219. The molecule has 6 fully saturated rings. The zero-order valence-corrected chi connectivity index (χ0v) is 62.7. The van der Waals surface area contributed by atoms with Gasteiger partial charge < -0.3 is 71.1 Å². The Balaban J connectivity index is 0.935. The molecule has 574 valence electrons. The first-order valence-corrected chi connectivity index (χ1v) is 39.5. The maximum Gasteiger partial charge on any atom is 0.397 e. The summed E-state index contributed by atoms with van der Waals surface area (Å²) >= 11 is 0. The first kappa shape index (κ1) is 82.3. The average molecular weight is 1500 g/mol. The Hall–Kier alpha value is -3.77. The highest BCUT2D eigenvalue weighted by molar-refractivity contribution is 7.81. The van der Waals surface area contributed by atoms with Crippen molar-refractivity contribution >= 4 is 31.2 Å². The van der Waals surface area contributed by atoms with Crippen molar-refractivity contribution in [2.24, 2.45) is 59.2 Å². The lowest BCUT2D eigenvalue weighted by atomic mass is 9.83. The molecule has 0 bridgehead atoms. The molecule has 6 aliphatic heterocycles. The standard InChI is InChI=1S/C72H106O27S3/c1-15-16-26-33-82-67-43(5)40(2)60(56(92-67)37-86-100(73,74)75)96-71-48(10)63(84-35-54-29-22-18-23-30-54)65(51(13)90-71)99-69-45(7)42(4)62(58(94-69)39-88-102(79,80)81)97-72-49(11)64(85-36-55-31-24-19-25-32-55)66(52(14)91-72)98-68-44(6)41(3)61(57(93-68)38-87-101(76,77)78)95-70-47(9)59(46(8)50(12)89-70)83-34-53-27-20-17-21-28-53/h1,17-25,27-32,40-52,56-72H,16,26,33-39H2,2-14H3,(H,73,74,75)(H,76,77,78)(H,79,80,81)/t40-,41-,42-,43?,44?,45?,46+,47?,48?,49?,50?,51?,52?,56?,57?,58?,59-,60-,61-,62-,63+,64+,65+,66+,67?,68+,69+,70+,71+,72+/m1/s1. The molecule has 6 saturated heterocycles. The molecule has 0 aromatic heterocycles. The van der Waals surface area contributed by atoms with Crippen LogP contribution in [0.1, 0.15) is 120 Å². The Morgan fingerprint density at radius 2 is 0.637 bits per heavy atom. The van der Waals surface area contributed by atoms with Gasteiger partial charge in [-0.05, 0) is 61.6 Å². The van der Waals surface area contributed by atoms with Gasteiger partial charge in [0.05, 0.1) is 101 Å². The largest absolute Gasteiger partial charge is 0.397 e. The fourth-order valence-corrected chi connectivity index (χ4v) is 15.4. The van der Waals surface area contributed by atoms with Crippen LogP contribution >= 0.6 is 0 Å². The fourth-order valence-electron chi connectivity index (χ4n) is 14.5. The van der Waals surface area contributed by atoms with E-state index in [9.17, 15) is 38.9 Å². The summed E-state index contributed by atoms with van der Waals surface area (Å²) in [4.78, 5) is 0. The third-order valence-electron chi connectivity index (χ3n) is 21.3. The molecule has 30 atom stereocenters. The molecule has 102 heavy (non-hydrogen) atoms. The molecule has 3 N–H and O–H groups in total. The molecule has 30 heteroatoms. The lowest BCUT2D eigenvalue weighted by molar-refractivity contribution is -0.376. The number of hydrogen-bond donors (Lipinski definition) is 3. The quantitative estimate of drug-likeness (QED) is 0.0297. The second-order valence-electron chi connectivity index (χ2n) is 28.5. The minimum absolute atomic E-state index is 0.0108. The summed E-state index contributed by atoms with van der Waals surface area (Å²) in [6, 6.07) is 28.8. The van der Waals surface area contributed by atoms with Gasteiger partial charge in [0.25, 0.3) is 0 Å². The monoisotopic (exact) mass is 1500 g/mol. The maximum absolute atomic E-state index is 12.5. The average Bonchev–Trinajstić information content (AvgIpc) is 0.776. The first-order valence-electron chi connectivity index (χ1n) is 35.4. The van der Waals surface area contributed by atoms with Gasteiger partial charge in [-0.3, -0.25) is 13.7 Å². The van der Waals surface area contributed by atoms with E-state index in [0.717, 1.165) is 16.7 Å². The van der Waals surface area contributed by atoms with Crippen LogP contribution in [-0.4, -0.2) is 189 Å². The van der Waals surface area contributed by atoms with E-state index in [-0.39, 0.29) is 55.7 Å². The van der Waals surface area contributed by atoms with Crippen LogP contribution in [0.4, 0.5) is 0 Å². The topological polar surface area (TPSA) is 329 Å². The van der Waals surface area contributed by atoms with Gasteiger partial charge >= 0.3 is 31.2 Å². The molecule has 0 amide bonds. The van der Waals surface area contributed by atoms with Crippen LogP contribution in [0.3, 0.4) is 0 Å². The summed E-state index contributed by atoms with van der Waals surface area (Å²) in [5.74, 6) is -1.56. The number of ether oxygens (including phenoxy) is 15. The summed E-state index contributed by atoms with van der Waals surface area (Å²) in [6.07, 6.45) is -11.2. The Labute approximate surface area is 602 Å². The van der Waals surface area contributed by atoms with Gasteiger partial charge in [-0.1, -0.05) is 160 Å². The van der Waals surface area contributed by atoms with E-state index >= 15 is 0 Å². The smallest absolute Gasteiger partial charge is 0.373 e. The second-order valence-corrected chi connectivity index (χ2v) is 31.7. The minimum Gasteiger partial charge on any atom is -0.373 e. The van der Waals surface area contributed by atoms with Crippen molar-refractivity contribution in [1.82, 2.24) is 0 Å². The summed E-state index contributed by atoms with van der Waals surface area (Å²) in [5, 5.41) is 0. The molecule has 9 rings (SSSR count). The molecular weight excluding hydrogens is 1390 g/mol. The second kappa shape index (κ2) is 36.9. The third-order valence-corrected chi connectivity index (χ3v) is 22.6. The molecular formula is C72H106O27S3. The molecule has 0 spiro atoms. The molecule has 3 aromatic rings. The summed E-state index contributed by atoms with van der Waals surface area (Å²) in [6.45, 7) is 23.7. The molecule has 6 aliphatic rings. The SMILES string of the molecule is C#CCCCOC1OC(COS(=O)(=O)O)[C@H](O[C@@H]2OC(C)[C@H](O[C@@H]3OC(COS(=O)(=O)O)[C@H](O[C@@H]4OC(C)[C@H](O[C@@H]5OC(COS(=O)(=O)O)[C@H](O[C@@H]6OC(C)[C@H](C)[C@@H](OCc7ccccc7)C6C)[C@H](C)C5C)[C@@H](OCc5ccccc5)C4C)[C@H](C)C3C)[C@@H](OCc3ccccc3)C2C)[C@H](C)C1C. The van der Waals surface area contributed by atoms with Crippen LogP contribution in [0.25, 0.3) is 0 Å². The van der Waals surface area contributed by atoms with Gasteiger partial charge in [-0.25, -0.2) is 12.5 Å². The van der Waals surface area contributed by atoms with E-state index in [1.54, 1.807) is 13.8 Å². The number of hydrogen-bond acceptors (Lipinski definition) is 24. The normalized spacial score (nSPS) is 39.4. The molecule has 0 aliphatic carbocycles. The maximum atomic E-state index is 12.5. The molecule has 0 saturated carbocycles. The van der Waals surface area contributed by atoms with E-state index in [4.69, 9.17) is 90.0 Å². The fraction of sp³-hybridized carbons (Fsp3) is 0.722. The van der Waals surface area contributed by atoms with E-state index < -0.39 is 198 Å². The molecule has 3 aromatic carbocycles. The van der Waals surface area contributed by atoms with Gasteiger partial charge in [0.1, 0.15) is 30.5 Å². The Morgan fingerprint density at radius 1 is 0.343 bits per heavy atom. The van der Waals surface area contributed by atoms with Crippen LogP contribution in [0.2, 0.25) is 0 Å². The lowest BCUT2D eigenvalue weighted by Gasteiger charge is -2.52. The minimum atomic E-state index is -5.05. The highest BCUT2D eigenvalue weighted by Crippen LogP contribution is 2.45. The predicted octanol–water partition coefficient (Wildman–Crippen LogP) is 9.33. The zero-order valence-electron chi connectivity index (χ0n) is 60.3. The van der Waals surface area contributed by atoms with Crippen molar-refractivity contribution in [3.8, 4) is 12.3 Å². The van der Waals surface area contributed by atoms with Crippen LogP contribution in [-0.2, 0) is 135 Å². The summed E-state index contributed by atoms with van der Waals surface area (Å²) in [7, 11) is -14.9. The highest BCUT2D eigenvalue weighted by Gasteiger charge is 2.56. The number of rotatable bonds is 32. The van der Waals surface area contributed by atoms with Gasteiger partial charge in [0, 0.05) is 47.8 Å². The summed E-state index contributed by atoms with van der Waals surface area (Å²) in [5.41, 5.74) is 2.71. The van der Waals surface area contributed by atoms with E-state index in [1.807, 2.05) is 160 Å². The number of terminal acetylenes is 1. The molecule has 13 unspecified atom stereocenters. The number of benzene rings is 3. The zero-order chi connectivity index (χ0) is 74.0. The molecule has 6 heterocycles. The third kappa shape index (κ3) is 22.0. The van der Waals surface area contributed by atoms with E-state index in [1.165, 1.54) is 0 Å². The van der Waals surface area contributed by atoms with Crippen LogP contribution in [0.15, 0.2) is 91.0 Å². The first-order chi connectivity index (χ1) is 48.3. The van der Waals surface area contributed by atoms with E-state index in [0.29, 0.717) is 19.4 Å². The van der Waals surface area contributed by atoms with Crippen LogP contribution in [0.5, 0.6) is 0 Å². The van der Waals surface area contributed by atoms with Crippen molar-refractivity contribution in [1.29, 1.82) is 0 Å². The van der Waals surface area contributed by atoms with Crippen LogP contribution in [0, 0.1) is 71.5 Å². The van der Waals surface area contributed by atoms with E-state index in [2.05, 4.69) is 12.8 Å². The highest BCUT2D eigenvalue weighted by atomic mass is 32.3. The Morgan fingerprint density at radius 3 is 0.980 bits per heavy atom. The molecule has 27 nitrogen and oxygen atoms in total. The Kier molecular flexibility index (Phi) is 29.8. The molecule has 0 radical (unpaired) electrons. The van der Waals surface area contributed by atoms with Crippen molar-refractivity contribution in [3.63, 3.8) is 0 Å². The predicted molar refractivity (Wildman–Crippen MR) is 367 cm³/mol. The van der Waals surface area contributed by atoms with Crippen molar-refractivity contribution in [2.75, 3.05) is 26.4 Å². The van der Waals surface area contributed by atoms with Crippen LogP contribution < -0.4 is 0 Å². The van der Waals surface area contributed by atoms with Gasteiger partial charge in [-0.15, -0.1) is 12.3 Å². The van der Waals surface area contributed by atoms with Crippen molar-refractivity contribution in [2.45, 2.75) is 246 Å². The van der Waals surface area contributed by atoms with Crippen molar-refractivity contribution < 1.29 is 123 Å². The van der Waals surface area contributed by atoms with Gasteiger partial charge in [-0.2, -0.15) is 25.3 Å². The Bertz CT molecular complexity index is 3430.